The minimum atomic E-state index is -1.37. The zero-order valence-electron chi connectivity index (χ0n) is 18.1. The number of fused-ring (bicyclic) bond motifs is 1. The van der Waals surface area contributed by atoms with Crippen molar-refractivity contribution in [2.24, 2.45) is 13.0 Å². The Labute approximate surface area is 203 Å². The first-order chi connectivity index (χ1) is 15.7. The third kappa shape index (κ3) is 3.84. The topological polar surface area (TPSA) is 89.5 Å². The number of aliphatic hydroxyl groups excluding tert-OH is 1. The normalized spacial score (nSPS) is 20.7. The maximum atomic E-state index is 12.5. The quantitative estimate of drug-likeness (QED) is 0.391. The molecule has 1 fully saturated rings. The number of rotatable bonds is 6. The van der Waals surface area contributed by atoms with Crippen LogP contribution in [0.5, 0.6) is 0 Å². The van der Waals surface area contributed by atoms with Crippen molar-refractivity contribution in [1.29, 1.82) is 0 Å². The molecule has 2 aromatic heterocycles. The molecular formula is C24H22BrN3O4S. The van der Waals surface area contributed by atoms with Gasteiger partial charge in [0.1, 0.15) is 18.9 Å². The second kappa shape index (κ2) is 8.23. The molecule has 0 unspecified atom stereocenters. The molecule has 170 valence electrons. The smallest absolute Gasteiger partial charge is 0.243 e. The van der Waals surface area contributed by atoms with Crippen LogP contribution >= 0.6 is 27.3 Å². The second-order valence-electron chi connectivity index (χ2n) is 8.61. The number of hydrogen-bond acceptors (Lipinski definition) is 5. The summed E-state index contributed by atoms with van der Waals surface area (Å²) in [5.41, 5.74) is 2.18. The Kier molecular flexibility index (Phi) is 5.50. The fourth-order valence-electron chi connectivity index (χ4n) is 4.82. The summed E-state index contributed by atoms with van der Waals surface area (Å²) < 4.78 is 4.92. The molecule has 0 aliphatic carbocycles. The molecule has 2 aliphatic rings. The molecular weight excluding hydrogens is 506 g/mol. The Bertz CT molecular complexity index is 1310. The lowest BCUT2D eigenvalue weighted by atomic mass is 9.82. The first kappa shape index (κ1) is 22.1. The fourth-order valence-corrected chi connectivity index (χ4v) is 6.31. The van der Waals surface area contributed by atoms with E-state index in [1.165, 1.54) is 9.78 Å². The van der Waals surface area contributed by atoms with E-state index in [-0.39, 0.29) is 17.6 Å². The van der Waals surface area contributed by atoms with Gasteiger partial charge in [0.2, 0.25) is 12.2 Å². The number of aromatic nitrogens is 2. The van der Waals surface area contributed by atoms with Crippen LogP contribution in [0.4, 0.5) is 0 Å². The Hall–Kier alpha value is -2.75. The third-order valence-corrected chi connectivity index (χ3v) is 7.85. The number of hydrogen-bond donors (Lipinski definition) is 1. The highest BCUT2D eigenvalue weighted by Gasteiger charge is 2.55. The number of aliphatic hydroxyl groups is 1. The lowest BCUT2D eigenvalue weighted by Crippen LogP contribution is -2.62. The first-order valence-corrected chi connectivity index (χ1v) is 12.2. The van der Waals surface area contributed by atoms with E-state index in [4.69, 9.17) is 0 Å². The van der Waals surface area contributed by atoms with Crippen LogP contribution < -0.4 is 9.67 Å². The van der Waals surface area contributed by atoms with Gasteiger partial charge < -0.3 is 19.9 Å². The van der Waals surface area contributed by atoms with Crippen LogP contribution in [-0.4, -0.2) is 38.6 Å². The number of halogens is 1. The van der Waals surface area contributed by atoms with Crippen molar-refractivity contribution in [2.45, 2.75) is 32.0 Å². The molecule has 1 aromatic carbocycles. The number of imidazole rings is 1. The van der Waals surface area contributed by atoms with E-state index in [1.54, 1.807) is 18.3 Å². The van der Waals surface area contributed by atoms with Gasteiger partial charge in [0.15, 0.2) is 0 Å². The number of carbonyl (C=O) groups is 2. The zero-order valence-corrected chi connectivity index (χ0v) is 20.5. The van der Waals surface area contributed by atoms with Gasteiger partial charge in [-0.2, -0.15) is 0 Å². The van der Waals surface area contributed by atoms with Crippen molar-refractivity contribution >= 4 is 44.7 Å². The van der Waals surface area contributed by atoms with Gasteiger partial charge in [-0.3, -0.25) is 4.79 Å². The van der Waals surface area contributed by atoms with Gasteiger partial charge in [-0.25, -0.2) is 9.13 Å². The Morgan fingerprint density at radius 3 is 2.76 bits per heavy atom. The summed E-state index contributed by atoms with van der Waals surface area (Å²) in [5, 5.41) is 22.0. The SMILES string of the molecule is C[C@@H](O)[C@H]1C(=O)N2C(C(=O)[O-])=C(c3cc(Br)cc(-c4ccc(Cn5cc[n+](C)c5)s4)c3)C[C@H]12. The third-order valence-electron chi connectivity index (χ3n) is 6.28. The number of nitrogens with zero attached hydrogens (tertiary/aromatic N) is 3. The summed E-state index contributed by atoms with van der Waals surface area (Å²) >= 11 is 5.24. The van der Waals surface area contributed by atoms with Crippen LogP contribution in [0.15, 0.2) is 59.2 Å². The van der Waals surface area contributed by atoms with Crippen molar-refractivity contribution in [3.63, 3.8) is 0 Å². The molecule has 0 spiro atoms. The molecule has 0 radical (unpaired) electrons. The van der Waals surface area contributed by atoms with E-state index < -0.39 is 18.0 Å². The molecule has 1 N–H and O–H groups in total. The standard InChI is InChI=1S/C24H22BrN3O4S/c1-13(29)21-19-10-18(22(24(31)32)28(19)23(21)30)14-7-15(9-16(25)8-14)20-4-3-17(33-20)11-27-6-5-26(2)12-27/h3-9,12-13,19,21,29H,10-11H2,1-2H3/t13-,19-,21-/m1/s1. The number of aryl methyl sites for hydroxylation is 1. The summed E-state index contributed by atoms with van der Waals surface area (Å²) in [7, 11) is 1.98. The van der Waals surface area contributed by atoms with Gasteiger partial charge in [0.25, 0.3) is 0 Å². The average molecular weight is 528 g/mol. The molecule has 1 amide bonds. The number of aliphatic carboxylic acids is 1. The fraction of sp³-hybridized carbons (Fsp3) is 0.292. The monoisotopic (exact) mass is 527 g/mol. The average Bonchev–Trinajstić information content (AvgIpc) is 3.45. The predicted octanol–water partition coefficient (Wildman–Crippen LogP) is 1.92. The van der Waals surface area contributed by atoms with Crippen LogP contribution in [0.2, 0.25) is 0 Å². The maximum absolute atomic E-state index is 12.5. The van der Waals surface area contributed by atoms with E-state index in [9.17, 15) is 19.8 Å². The van der Waals surface area contributed by atoms with Crippen molar-refractivity contribution in [3.8, 4) is 10.4 Å². The highest BCUT2D eigenvalue weighted by molar-refractivity contribution is 9.10. The van der Waals surface area contributed by atoms with Crippen LogP contribution in [0.25, 0.3) is 16.0 Å². The van der Waals surface area contributed by atoms with Crippen LogP contribution in [0.3, 0.4) is 0 Å². The Morgan fingerprint density at radius 2 is 2.09 bits per heavy atom. The molecule has 33 heavy (non-hydrogen) atoms. The summed E-state index contributed by atoms with van der Waals surface area (Å²) in [4.78, 5) is 28.0. The van der Waals surface area contributed by atoms with Crippen molar-refractivity contribution in [3.05, 3.63) is 69.7 Å². The van der Waals surface area contributed by atoms with Gasteiger partial charge >= 0.3 is 0 Å². The second-order valence-corrected chi connectivity index (χ2v) is 10.7. The molecule has 3 atom stereocenters. The van der Waals surface area contributed by atoms with E-state index in [0.717, 1.165) is 27.0 Å². The number of carbonyl (C=O) groups excluding carboxylic acids is 2. The molecule has 7 nitrogen and oxygen atoms in total. The summed E-state index contributed by atoms with van der Waals surface area (Å²) in [6.07, 6.45) is 5.59. The molecule has 0 saturated carbocycles. The molecule has 9 heteroatoms. The van der Waals surface area contributed by atoms with E-state index in [0.29, 0.717) is 12.0 Å². The number of benzene rings is 1. The van der Waals surface area contributed by atoms with Gasteiger partial charge in [-0.15, -0.1) is 11.3 Å². The highest BCUT2D eigenvalue weighted by atomic mass is 79.9. The predicted molar refractivity (Wildman–Crippen MR) is 125 cm³/mol. The Morgan fingerprint density at radius 1 is 1.33 bits per heavy atom. The number of carboxylic acid groups (broad SMARTS) is 1. The molecule has 3 aromatic rings. The van der Waals surface area contributed by atoms with E-state index >= 15 is 0 Å². The summed E-state index contributed by atoms with van der Waals surface area (Å²) in [6, 6.07) is 9.64. The van der Waals surface area contributed by atoms with Crippen molar-refractivity contribution in [1.82, 2.24) is 9.47 Å². The Balaban J connectivity index is 1.48. The van der Waals surface area contributed by atoms with Crippen LogP contribution in [0.1, 0.15) is 23.8 Å². The first-order valence-electron chi connectivity index (χ1n) is 10.6. The van der Waals surface area contributed by atoms with Gasteiger partial charge in [0, 0.05) is 14.2 Å². The van der Waals surface area contributed by atoms with Crippen molar-refractivity contribution in [2.75, 3.05) is 0 Å². The molecule has 5 rings (SSSR count). The number of carboxylic acids is 1. The van der Waals surface area contributed by atoms with Crippen LogP contribution in [-0.2, 0) is 23.2 Å². The number of amides is 1. The minimum Gasteiger partial charge on any atom is -0.543 e. The highest BCUT2D eigenvalue weighted by Crippen LogP contribution is 2.47. The lowest BCUT2D eigenvalue weighted by molar-refractivity contribution is -0.671. The van der Waals surface area contributed by atoms with E-state index in [2.05, 4.69) is 32.6 Å². The van der Waals surface area contributed by atoms with Gasteiger partial charge in [-0.05, 0) is 60.4 Å². The largest absolute Gasteiger partial charge is 0.543 e. The molecule has 2 aliphatic heterocycles. The maximum Gasteiger partial charge on any atom is 0.243 e. The molecule has 0 bridgehead atoms. The summed E-state index contributed by atoms with van der Waals surface area (Å²) in [5.74, 6) is -2.32. The van der Waals surface area contributed by atoms with Gasteiger partial charge in [0.05, 0.1) is 36.8 Å². The summed E-state index contributed by atoms with van der Waals surface area (Å²) in [6.45, 7) is 2.34. The van der Waals surface area contributed by atoms with Crippen LogP contribution in [0, 0.1) is 5.92 Å². The molecule has 1 saturated heterocycles. The van der Waals surface area contributed by atoms with Crippen molar-refractivity contribution < 1.29 is 24.4 Å². The molecule has 4 heterocycles. The lowest BCUT2D eigenvalue weighted by Gasteiger charge is -2.45. The zero-order chi connectivity index (χ0) is 23.4. The number of β-lactam (4-membered cyclic amide) rings is 1. The van der Waals surface area contributed by atoms with E-state index in [1.807, 2.05) is 48.5 Å². The number of thiophene rings is 1. The minimum absolute atomic E-state index is 0.0849. The van der Waals surface area contributed by atoms with Gasteiger partial charge in [-0.1, -0.05) is 15.9 Å².